The summed E-state index contributed by atoms with van der Waals surface area (Å²) in [6.45, 7) is 3.03. The molecule has 0 aliphatic carbocycles. The Morgan fingerprint density at radius 2 is 1.74 bits per heavy atom. The lowest BCUT2D eigenvalue weighted by molar-refractivity contribution is 0.258. The first kappa shape index (κ1) is 17.9. The highest BCUT2D eigenvalue weighted by molar-refractivity contribution is 7.89. The zero-order valence-corrected chi connectivity index (χ0v) is 16.0. The van der Waals surface area contributed by atoms with Crippen LogP contribution in [0.3, 0.4) is 0 Å². The van der Waals surface area contributed by atoms with Crippen molar-refractivity contribution in [1.82, 2.24) is 19.3 Å². The minimum Gasteiger partial charge on any atom is -0.249 e. The third-order valence-corrected chi connectivity index (χ3v) is 6.99. The molecule has 0 N–H and O–H groups in total. The lowest BCUT2D eigenvalue weighted by Crippen LogP contribution is -2.39. The standard InChI is InChI=1S/C20H22N4O2S/c1-16-3-2-4-18(15-16)17-5-7-20(8-6-17)27(25,26)23-12-9-19(10-13-23)24-14-11-21-22-24/h2-8,11,14-15,19H,9-10,12-13H2,1H3. The van der Waals surface area contributed by atoms with Gasteiger partial charge in [-0.05, 0) is 43.0 Å². The number of rotatable bonds is 4. The molecule has 0 saturated carbocycles. The van der Waals surface area contributed by atoms with Gasteiger partial charge in [0.05, 0.1) is 17.1 Å². The van der Waals surface area contributed by atoms with E-state index in [1.165, 1.54) is 5.56 Å². The van der Waals surface area contributed by atoms with E-state index in [0.29, 0.717) is 18.0 Å². The highest BCUT2D eigenvalue weighted by Gasteiger charge is 2.30. The summed E-state index contributed by atoms with van der Waals surface area (Å²) in [5, 5.41) is 7.86. The van der Waals surface area contributed by atoms with E-state index in [0.717, 1.165) is 24.0 Å². The number of aryl methyl sites for hydroxylation is 1. The van der Waals surface area contributed by atoms with Crippen molar-refractivity contribution in [2.75, 3.05) is 13.1 Å². The Labute approximate surface area is 159 Å². The van der Waals surface area contributed by atoms with Crippen molar-refractivity contribution in [3.8, 4) is 11.1 Å². The summed E-state index contributed by atoms with van der Waals surface area (Å²) in [4.78, 5) is 0.345. The second-order valence-corrected chi connectivity index (χ2v) is 8.85. The Kier molecular flexibility index (Phi) is 4.80. The zero-order chi connectivity index (χ0) is 18.9. The van der Waals surface area contributed by atoms with Gasteiger partial charge in [0.15, 0.2) is 0 Å². The summed E-state index contributed by atoms with van der Waals surface area (Å²) in [5.41, 5.74) is 3.29. The van der Waals surface area contributed by atoms with E-state index in [1.54, 1.807) is 22.6 Å². The van der Waals surface area contributed by atoms with Gasteiger partial charge in [-0.15, -0.1) is 5.10 Å². The summed E-state index contributed by atoms with van der Waals surface area (Å²) in [6, 6.07) is 15.6. The fourth-order valence-electron chi connectivity index (χ4n) is 3.55. The number of hydrogen-bond acceptors (Lipinski definition) is 4. The lowest BCUT2D eigenvalue weighted by Gasteiger charge is -2.31. The predicted octanol–water partition coefficient (Wildman–Crippen LogP) is 3.28. The highest BCUT2D eigenvalue weighted by atomic mass is 32.2. The van der Waals surface area contributed by atoms with Crippen LogP contribution in [0.15, 0.2) is 65.8 Å². The molecule has 0 radical (unpaired) electrons. The molecule has 0 amide bonds. The normalized spacial score (nSPS) is 16.5. The van der Waals surface area contributed by atoms with E-state index in [-0.39, 0.29) is 6.04 Å². The van der Waals surface area contributed by atoms with Crippen molar-refractivity contribution in [3.63, 3.8) is 0 Å². The number of sulfonamides is 1. The zero-order valence-electron chi connectivity index (χ0n) is 15.2. The molecule has 1 aliphatic heterocycles. The van der Waals surface area contributed by atoms with Crippen LogP contribution in [-0.4, -0.2) is 40.8 Å². The van der Waals surface area contributed by atoms with E-state index in [1.807, 2.05) is 48.1 Å². The van der Waals surface area contributed by atoms with E-state index < -0.39 is 10.0 Å². The molecule has 0 bridgehead atoms. The summed E-state index contributed by atoms with van der Waals surface area (Å²) in [5.74, 6) is 0. The summed E-state index contributed by atoms with van der Waals surface area (Å²) < 4.78 is 29.3. The predicted molar refractivity (Wildman–Crippen MR) is 104 cm³/mol. The second-order valence-electron chi connectivity index (χ2n) is 6.91. The third-order valence-electron chi connectivity index (χ3n) is 5.08. The molecule has 2 heterocycles. The maximum Gasteiger partial charge on any atom is 0.243 e. The summed E-state index contributed by atoms with van der Waals surface area (Å²) in [6.07, 6.45) is 4.96. The monoisotopic (exact) mass is 382 g/mol. The molecule has 27 heavy (non-hydrogen) atoms. The van der Waals surface area contributed by atoms with Crippen LogP contribution in [-0.2, 0) is 10.0 Å². The van der Waals surface area contributed by atoms with Crippen LogP contribution in [0.5, 0.6) is 0 Å². The largest absolute Gasteiger partial charge is 0.249 e. The van der Waals surface area contributed by atoms with Gasteiger partial charge in [-0.25, -0.2) is 13.1 Å². The molecule has 1 saturated heterocycles. The molecule has 3 aromatic rings. The first-order valence-electron chi connectivity index (χ1n) is 9.07. The Bertz CT molecular complexity index is 1010. The van der Waals surface area contributed by atoms with Gasteiger partial charge in [0.1, 0.15) is 0 Å². The molecule has 0 spiro atoms. The van der Waals surface area contributed by atoms with Gasteiger partial charge >= 0.3 is 0 Å². The Morgan fingerprint density at radius 3 is 2.37 bits per heavy atom. The van der Waals surface area contributed by atoms with Crippen LogP contribution in [0.25, 0.3) is 11.1 Å². The van der Waals surface area contributed by atoms with Gasteiger partial charge in [-0.1, -0.05) is 47.2 Å². The van der Waals surface area contributed by atoms with Gasteiger partial charge in [0.2, 0.25) is 10.0 Å². The van der Waals surface area contributed by atoms with E-state index in [9.17, 15) is 8.42 Å². The average molecular weight is 382 g/mol. The van der Waals surface area contributed by atoms with Crippen LogP contribution >= 0.6 is 0 Å². The fraction of sp³-hybridized carbons (Fsp3) is 0.300. The molecule has 0 atom stereocenters. The first-order valence-corrected chi connectivity index (χ1v) is 10.5. The highest BCUT2D eigenvalue weighted by Crippen LogP contribution is 2.28. The molecule has 1 aliphatic rings. The third kappa shape index (κ3) is 3.65. The Morgan fingerprint density at radius 1 is 1.00 bits per heavy atom. The van der Waals surface area contributed by atoms with Crippen LogP contribution in [0.1, 0.15) is 24.4 Å². The van der Waals surface area contributed by atoms with Crippen molar-refractivity contribution >= 4 is 10.0 Å². The molecule has 140 valence electrons. The molecule has 1 fully saturated rings. The van der Waals surface area contributed by atoms with Gasteiger partial charge in [0.25, 0.3) is 0 Å². The summed E-state index contributed by atoms with van der Waals surface area (Å²) >= 11 is 0. The fourth-order valence-corrected chi connectivity index (χ4v) is 5.02. The van der Waals surface area contributed by atoms with Crippen molar-refractivity contribution in [2.45, 2.75) is 30.7 Å². The smallest absolute Gasteiger partial charge is 0.243 e. The van der Waals surface area contributed by atoms with Crippen molar-refractivity contribution in [2.24, 2.45) is 0 Å². The van der Waals surface area contributed by atoms with Crippen LogP contribution < -0.4 is 0 Å². The molecular formula is C20H22N4O2S. The minimum atomic E-state index is -3.47. The summed E-state index contributed by atoms with van der Waals surface area (Å²) in [7, 11) is -3.47. The van der Waals surface area contributed by atoms with Gasteiger partial charge < -0.3 is 0 Å². The minimum absolute atomic E-state index is 0.211. The number of piperidine rings is 1. The molecule has 1 aromatic heterocycles. The molecule has 4 rings (SSSR count). The van der Waals surface area contributed by atoms with Crippen molar-refractivity contribution in [3.05, 3.63) is 66.5 Å². The van der Waals surface area contributed by atoms with Gasteiger partial charge in [0, 0.05) is 19.3 Å². The lowest BCUT2D eigenvalue weighted by atomic mass is 10.0. The molecule has 0 unspecified atom stereocenters. The number of benzene rings is 2. The van der Waals surface area contributed by atoms with Crippen molar-refractivity contribution in [1.29, 1.82) is 0 Å². The maximum atomic E-state index is 13.0. The van der Waals surface area contributed by atoms with Crippen LogP contribution in [0, 0.1) is 6.92 Å². The van der Waals surface area contributed by atoms with Gasteiger partial charge in [-0.3, -0.25) is 0 Å². The van der Waals surface area contributed by atoms with Crippen LogP contribution in [0.2, 0.25) is 0 Å². The molecular weight excluding hydrogens is 360 g/mol. The SMILES string of the molecule is Cc1cccc(-c2ccc(S(=O)(=O)N3CCC(n4ccnn4)CC3)cc2)c1. The molecule has 2 aromatic carbocycles. The average Bonchev–Trinajstić information content (AvgIpc) is 3.23. The van der Waals surface area contributed by atoms with E-state index in [4.69, 9.17) is 0 Å². The molecule has 7 heteroatoms. The topological polar surface area (TPSA) is 68.1 Å². The maximum absolute atomic E-state index is 13.0. The quantitative estimate of drug-likeness (QED) is 0.694. The van der Waals surface area contributed by atoms with E-state index >= 15 is 0 Å². The number of aromatic nitrogens is 3. The first-order chi connectivity index (χ1) is 13.0. The van der Waals surface area contributed by atoms with Crippen molar-refractivity contribution < 1.29 is 8.42 Å². The van der Waals surface area contributed by atoms with Crippen LogP contribution in [0.4, 0.5) is 0 Å². The Balaban J connectivity index is 1.49. The number of nitrogens with zero attached hydrogens (tertiary/aromatic N) is 4. The van der Waals surface area contributed by atoms with E-state index in [2.05, 4.69) is 16.4 Å². The second kappa shape index (κ2) is 7.25. The Hall–Kier alpha value is -2.51. The number of hydrogen-bond donors (Lipinski definition) is 0. The van der Waals surface area contributed by atoms with Gasteiger partial charge in [-0.2, -0.15) is 4.31 Å². The molecule has 6 nitrogen and oxygen atoms in total.